The summed E-state index contributed by atoms with van der Waals surface area (Å²) >= 11 is 3.29. The first-order chi connectivity index (χ1) is 10.4. The molecule has 114 valence electrons. The first kappa shape index (κ1) is 16.2. The van der Waals surface area contributed by atoms with Crippen LogP contribution < -0.4 is 4.74 Å². The molecule has 0 atom stereocenters. The molecule has 0 saturated heterocycles. The number of phenols is 1. The molecule has 0 heterocycles. The van der Waals surface area contributed by atoms with Gasteiger partial charge in [-0.05, 0) is 48.0 Å². The van der Waals surface area contributed by atoms with E-state index in [0.29, 0.717) is 10.0 Å². The minimum absolute atomic E-state index is 0.0315. The molecule has 0 fully saturated rings. The summed E-state index contributed by atoms with van der Waals surface area (Å²) in [6.07, 6.45) is 2.66. The number of halogens is 3. The minimum Gasteiger partial charge on any atom is -0.504 e. The molecule has 0 amide bonds. The molecule has 22 heavy (non-hydrogen) atoms. The van der Waals surface area contributed by atoms with E-state index < -0.39 is 17.4 Å². The van der Waals surface area contributed by atoms with Crippen molar-refractivity contribution < 1.29 is 23.4 Å². The van der Waals surface area contributed by atoms with Gasteiger partial charge in [0.25, 0.3) is 0 Å². The standard InChI is InChI=1S/C16H11BrF2O3/c1-22-16-8-11(17)9(7-15(16)21)3-5-14(20)10-2-4-12(18)13(19)6-10/h2-8,21H,1H3/b5-3+. The van der Waals surface area contributed by atoms with Crippen LogP contribution in [0.1, 0.15) is 15.9 Å². The van der Waals surface area contributed by atoms with E-state index in [1.54, 1.807) is 6.07 Å². The lowest BCUT2D eigenvalue weighted by Gasteiger charge is -2.06. The lowest BCUT2D eigenvalue weighted by atomic mass is 10.1. The van der Waals surface area contributed by atoms with Gasteiger partial charge >= 0.3 is 0 Å². The van der Waals surface area contributed by atoms with Gasteiger partial charge in [0, 0.05) is 10.0 Å². The monoisotopic (exact) mass is 368 g/mol. The zero-order chi connectivity index (χ0) is 16.3. The van der Waals surface area contributed by atoms with Gasteiger partial charge in [-0.15, -0.1) is 0 Å². The number of phenolic OH excluding ortho intramolecular Hbond substituents is 1. The zero-order valence-electron chi connectivity index (χ0n) is 11.4. The molecular formula is C16H11BrF2O3. The lowest BCUT2D eigenvalue weighted by Crippen LogP contribution is -1.96. The number of carbonyl (C=O) groups is 1. The van der Waals surface area contributed by atoms with Crippen LogP contribution in [0.4, 0.5) is 8.78 Å². The van der Waals surface area contributed by atoms with Crippen LogP contribution in [0, 0.1) is 11.6 Å². The molecule has 0 radical (unpaired) electrons. The Bertz CT molecular complexity index is 757. The molecule has 0 spiro atoms. The van der Waals surface area contributed by atoms with Crippen molar-refractivity contribution >= 4 is 27.8 Å². The molecule has 0 unspecified atom stereocenters. The number of aromatic hydroxyl groups is 1. The van der Waals surface area contributed by atoms with Crippen LogP contribution in [0.5, 0.6) is 11.5 Å². The summed E-state index contributed by atoms with van der Waals surface area (Å²) in [4.78, 5) is 11.9. The van der Waals surface area contributed by atoms with Crippen molar-refractivity contribution in [2.24, 2.45) is 0 Å². The van der Waals surface area contributed by atoms with Crippen molar-refractivity contribution in [3.8, 4) is 11.5 Å². The predicted octanol–water partition coefficient (Wildman–Crippen LogP) is 4.34. The number of allylic oxidation sites excluding steroid dienone is 1. The van der Waals surface area contributed by atoms with Crippen LogP contribution in [-0.4, -0.2) is 18.0 Å². The first-order valence-corrected chi connectivity index (χ1v) is 6.95. The van der Waals surface area contributed by atoms with Crippen molar-refractivity contribution in [1.29, 1.82) is 0 Å². The Balaban J connectivity index is 2.26. The molecule has 3 nitrogen and oxygen atoms in total. The number of methoxy groups -OCH3 is 1. The van der Waals surface area contributed by atoms with E-state index in [4.69, 9.17) is 4.74 Å². The first-order valence-electron chi connectivity index (χ1n) is 6.16. The molecule has 2 rings (SSSR count). The number of ketones is 1. The Morgan fingerprint density at radius 3 is 2.59 bits per heavy atom. The molecular weight excluding hydrogens is 358 g/mol. The SMILES string of the molecule is COc1cc(Br)c(/C=C/C(=O)c2ccc(F)c(F)c2)cc1O. The summed E-state index contributed by atoms with van der Waals surface area (Å²) in [5.74, 6) is -2.37. The fourth-order valence-electron chi connectivity index (χ4n) is 1.76. The van der Waals surface area contributed by atoms with Crippen LogP contribution in [0.15, 0.2) is 40.9 Å². The molecule has 2 aromatic rings. The Hall–Kier alpha value is -2.21. The largest absolute Gasteiger partial charge is 0.504 e. The maximum absolute atomic E-state index is 13.1. The normalized spacial score (nSPS) is 10.9. The highest BCUT2D eigenvalue weighted by atomic mass is 79.9. The van der Waals surface area contributed by atoms with Gasteiger partial charge in [0.2, 0.25) is 0 Å². The second-order valence-corrected chi connectivity index (χ2v) is 5.23. The quantitative estimate of drug-likeness (QED) is 0.644. The second-order valence-electron chi connectivity index (χ2n) is 4.37. The number of hydrogen-bond donors (Lipinski definition) is 1. The van der Waals surface area contributed by atoms with E-state index in [1.165, 1.54) is 31.4 Å². The maximum Gasteiger partial charge on any atom is 0.185 e. The van der Waals surface area contributed by atoms with Gasteiger partial charge in [-0.25, -0.2) is 8.78 Å². The number of rotatable bonds is 4. The summed E-state index contributed by atoms with van der Waals surface area (Å²) in [6.45, 7) is 0. The average Bonchev–Trinajstić information content (AvgIpc) is 2.50. The smallest absolute Gasteiger partial charge is 0.185 e. The van der Waals surface area contributed by atoms with Crippen LogP contribution in [-0.2, 0) is 0 Å². The van der Waals surface area contributed by atoms with E-state index in [2.05, 4.69) is 15.9 Å². The Morgan fingerprint density at radius 1 is 1.23 bits per heavy atom. The van der Waals surface area contributed by atoms with Gasteiger partial charge in [0.05, 0.1) is 7.11 Å². The van der Waals surface area contributed by atoms with Gasteiger partial charge < -0.3 is 9.84 Å². The highest BCUT2D eigenvalue weighted by Gasteiger charge is 2.09. The highest BCUT2D eigenvalue weighted by Crippen LogP contribution is 2.33. The van der Waals surface area contributed by atoms with Gasteiger partial charge in [-0.2, -0.15) is 0 Å². The van der Waals surface area contributed by atoms with Crippen molar-refractivity contribution in [3.05, 3.63) is 63.6 Å². The number of ether oxygens (including phenoxy) is 1. The molecule has 0 aromatic heterocycles. The molecule has 0 aliphatic rings. The summed E-state index contributed by atoms with van der Waals surface area (Å²) in [5.41, 5.74) is 0.568. The molecule has 0 aliphatic carbocycles. The minimum atomic E-state index is -1.08. The van der Waals surface area contributed by atoms with Crippen molar-refractivity contribution in [2.45, 2.75) is 0 Å². The lowest BCUT2D eigenvalue weighted by molar-refractivity contribution is 0.104. The van der Waals surface area contributed by atoms with Gasteiger partial charge in [-0.1, -0.05) is 15.9 Å². The van der Waals surface area contributed by atoms with E-state index in [-0.39, 0.29) is 17.1 Å². The molecule has 6 heteroatoms. The Kier molecular flexibility index (Phi) is 4.92. The fraction of sp³-hybridized carbons (Fsp3) is 0.0625. The predicted molar refractivity (Wildman–Crippen MR) is 82.1 cm³/mol. The van der Waals surface area contributed by atoms with Gasteiger partial charge in [0.15, 0.2) is 28.9 Å². The third-order valence-corrected chi connectivity index (χ3v) is 3.60. The molecule has 2 aromatic carbocycles. The second kappa shape index (κ2) is 6.70. The van der Waals surface area contributed by atoms with Crippen LogP contribution in [0.3, 0.4) is 0 Å². The van der Waals surface area contributed by atoms with E-state index in [1.807, 2.05) is 0 Å². The summed E-state index contributed by atoms with van der Waals surface area (Å²) in [7, 11) is 1.42. The number of carbonyl (C=O) groups excluding carboxylic acids is 1. The summed E-state index contributed by atoms with van der Waals surface area (Å²) in [6, 6.07) is 5.90. The molecule has 1 N–H and O–H groups in total. The molecule has 0 aliphatic heterocycles. The number of benzene rings is 2. The molecule has 0 bridgehead atoms. The van der Waals surface area contributed by atoms with Crippen LogP contribution in [0.25, 0.3) is 6.08 Å². The van der Waals surface area contributed by atoms with Gasteiger partial charge in [-0.3, -0.25) is 4.79 Å². The maximum atomic E-state index is 13.1. The Labute approximate surface area is 134 Å². The van der Waals surface area contributed by atoms with Crippen molar-refractivity contribution in [1.82, 2.24) is 0 Å². The third-order valence-electron chi connectivity index (χ3n) is 2.92. The van der Waals surface area contributed by atoms with E-state index in [9.17, 15) is 18.7 Å². The highest BCUT2D eigenvalue weighted by molar-refractivity contribution is 9.10. The summed E-state index contributed by atoms with van der Waals surface area (Å²) in [5, 5.41) is 9.71. The third kappa shape index (κ3) is 3.51. The summed E-state index contributed by atoms with van der Waals surface area (Å²) < 4.78 is 31.5. The number of hydrogen-bond acceptors (Lipinski definition) is 3. The molecule has 0 saturated carbocycles. The fourth-order valence-corrected chi connectivity index (χ4v) is 2.22. The average molecular weight is 369 g/mol. The van der Waals surface area contributed by atoms with E-state index in [0.717, 1.165) is 12.1 Å². The zero-order valence-corrected chi connectivity index (χ0v) is 13.0. The van der Waals surface area contributed by atoms with Crippen molar-refractivity contribution in [2.75, 3.05) is 7.11 Å². The van der Waals surface area contributed by atoms with Crippen LogP contribution >= 0.6 is 15.9 Å². The van der Waals surface area contributed by atoms with Crippen molar-refractivity contribution in [3.63, 3.8) is 0 Å². The van der Waals surface area contributed by atoms with E-state index >= 15 is 0 Å². The van der Waals surface area contributed by atoms with Gasteiger partial charge in [0.1, 0.15) is 0 Å². The topological polar surface area (TPSA) is 46.5 Å². The Morgan fingerprint density at radius 2 is 1.95 bits per heavy atom. The van der Waals surface area contributed by atoms with Crippen LogP contribution in [0.2, 0.25) is 0 Å².